The van der Waals surface area contributed by atoms with Crippen molar-refractivity contribution >= 4 is 61.5 Å². The highest BCUT2D eigenvalue weighted by atomic mass is 35.5. The average Bonchev–Trinajstić information content (AvgIpc) is 3.19. The Morgan fingerprint density at radius 3 is 2.46 bits per heavy atom. The standard InChI is InChI=1S/C27H31N5O5S.ClH/c1-17(33)32(26-7-5-6-14-31(26)23-12-13-25(36-3)29-27(23)37-4)18-8-10-20-21-16-19(38(28,34)35)9-11-22(21)30(2)24(20)15-18;/h8-13,15-16,26H,5-7,14H2,1-4H3,(H2,28,34,35);1H. The molecule has 1 saturated heterocycles. The second-order valence-corrected chi connectivity index (χ2v) is 11.0. The Labute approximate surface area is 233 Å². The van der Waals surface area contributed by atoms with Crippen molar-refractivity contribution in [1.29, 1.82) is 0 Å². The van der Waals surface area contributed by atoms with Gasteiger partial charge in [-0.15, -0.1) is 12.4 Å². The molecule has 1 unspecified atom stereocenters. The van der Waals surface area contributed by atoms with Crippen LogP contribution >= 0.6 is 12.4 Å². The summed E-state index contributed by atoms with van der Waals surface area (Å²) in [4.78, 5) is 21.7. The van der Waals surface area contributed by atoms with E-state index in [4.69, 9.17) is 14.6 Å². The molecule has 0 saturated carbocycles. The Morgan fingerprint density at radius 1 is 1.03 bits per heavy atom. The number of aromatic nitrogens is 2. The van der Waals surface area contributed by atoms with Gasteiger partial charge in [-0.3, -0.25) is 9.69 Å². The smallest absolute Gasteiger partial charge is 0.240 e. The number of halogens is 1. The summed E-state index contributed by atoms with van der Waals surface area (Å²) in [6.45, 7) is 2.31. The van der Waals surface area contributed by atoms with Crippen LogP contribution in [0.15, 0.2) is 53.4 Å². The number of carbonyl (C=O) groups is 1. The van der Waals surface area contributed by atoms with Crippen LogP contribution in [0, 0.1) is 0 Å². The number of fused-ring (bicyclic) bond motifs is 3. The molecule has 208 valence electrons. The zero-order valence-corrected chi connectivity index (χ0v) is 23.9. The summed E-state index contributed by atoms with van der Waals surface area (Å²) in [5, 5.41) is 7.03. The largest absolute Gasteiger partial charge is 0.481 e. The summed E-state index contributed by atoms with van der Waals surface area (Å²) in [7, 11) is 1.21. The van der Waals surface area contributed by atoms with Crippen LogP contribution in [0.3, 0.4) is 0 Å². The van der Waals surface area contributed by atoms with E-state index in [1.54, 1.807) is 39.3 Å². The van der Waals surface area contributed by atoms with E-state index in [9.17, 15) is 13.2 Å². The first-order chi connectivity index (χ1) is 18.1. The van der Waals surface area contributed by atoms with Gasteiger partial charge >= 0.3 is 0 Å². The van der Waals surface area contributed by atoms with Crippen LogP contribution in [0.4, 0.5) is 11.4 Å². The first kappa shape index (κ1) is 28.5. The molecule has 0 spiro atoms. The topological polar surface area (TPSA) is 120 Å². The van der Waals surface area contributed by atoms with E-state index in [0.717, 1.165) is 59.0 Å². The van der Waals surface area contributed by atoms with Crippen molar-refractivity contribution in [3.8, 4) is 11.8 Å². The van der Waals surface area contributed by atoms with Gasteiger partial charge in [0.1, 0.15) is 11.9 Å². The van der Waals surface area contributed by atoms with Gasteiger partial charge in [-0.1, -0.05) is 6.07 Å². The molecular weight excluding hydrogens is 542 g/mol. The number of pyridine rings is 1. The fraction of sp³-hybridized carbons (Fsp3) is 0.333. The number of primary sulfonamides is 1. The van der Waals surface area contributed by atoms with Crippen molar-refractivity contribution in [2.24, 2.45) is 12.2 Å². The average molecular weight is 574 g/mol. The first-order valence-electron chi connectivity index (χ1n) is 12.3. The van der Waals surface area contributed by atoms with Gasteiger partial charge in [-0.2, -0.15) is 4.98 Å². The molecule has 5 rings (SSSR count). The van der Waals surface area contributed by atoms with Crippen LogP contribution in [-0.2, 0) is 21.9 Å². The maximum absolute atomic E-state index is 13.2. The predicted octanol–water partition coefficient (Wildman–Crippen LogP) is 4.18. The fourth-order valence-electron chi connectivity index (χ4n) is 5.43. The molecule has 1 amide bonds. The molecule has 2 N–H and O–H groups in total. The van der Waals surface area contributed by atoms with E-state index in [1.165, 1.54) is 6.07 Å². The van der Waals surface area contributed by atoms with Crippen LogP contribution in [0.5, 0.6) is 11.8 Å². The monoisotopic (exact) mass is 573 g/mol. The second kappa shape index (κ2) is 10.9. The van der Waals surface area contributed by atoms with Crippen LogP contribution in [0.1, 0.15) is 26.2 Å². The highest BCUT2D eigenvalue weighted by Gasteiger charge is 2.33. The maximum Gasteiger partial charge on any atom is 0.240 e. The molecule has 0 aliphatic carbocycles. The number of nitrogens with zero attached hydrogens (tertiary/aromatic N) is 4. The highest BCUT2D eigenvalue weighted by molar-refractivity contribution is 7.89. The number of methoxy groups -OCH3 is 2. The Balaban J connectivity index is 0.00000353. The minimum atomic E-state index is -3.83. The molecule has 1 fully saturated rings. The summed E-state index contributed by atoms with van der Waals surface area (Å²) in [5.41, 5.74) is 3.29. The second-order valence-electron chi connectivity index (χ2n) is 9.43. The number of benzene rings is 2. The molecule has 3 heterocycles. The van der Waals surface area contributed by atoms with Gasteiger partial charge in [-0.05, 0) is 55.7 Å². The molecular formula is C27H32ClN5O5S. The summed E-state index contributed by atoms with van der Waals surface area (Å²) < 4.78 is 36.7. The SMILES string of the molecule is COc1ccc(N2CCCCC2N(C(C)=O)c2ccc3c4cc(S(N)(=O)=O)ccc4n(C)c3c2)c(OC)n1.Cl. The molecule has 2 aromatic heterocycles. The number of hydrogen-bond acceptors (Lipinski definition) is 7. The third kappa shape index (κ3) is 5.09. The minimum Gasteiger partial charge on any atom is -0.481 e. The molecule has 4 aromatic rings. The Bertz CT molecular complexity index is 1660. The lowest BCUT2D eigenvalue weighted by Crippen LogP contribution is -2.53. The zero-order valence-electron chi connectivity index (χ0n) is 22.2. The number of hydrogen-bond donors (Lipinski definition) is 1. The molecule has 0 radical (unpaired) electrons. The summed E-state index contributed by atoms with van der Waals surface area (Å²) >= 11 is 0. The normalized spacial score (nSPS) is 15.7. The maximum atomic E-state index is 13.2. The molecule has 39 heavy (non-hydrogen) atoms. The lowest BCUT2D eigenvalue weighted by molar-refractivity contribution is -0.117. The van der Waals surface area contributed by atoms with Crippen LogP contribution in [0.2, 0.25) is 0 Å². The molecule has 0 bridgehead atoms. The number of ether oxygens (including phenoxy) is 2. The zero-order chi connectivity index (χ0) is 27.2. The molecule has 1 aliphatic heterocycles. The van der Waals surface area contributed by atoms with Crippen molar-refractivity contribution in [3.05, 3.63) is 48.5 Å². The number of carbonyl (C=O) groups excluding carboxylic acids is 1. The third-order valence-corrected chi connectivity index (χ3v) is 8.11. The van der Waals surface area contributed by atoms with Gasteiger partial charge in [0, 0.05) is 48.6 Å². The van der Waals surface area contributed by atoms with Gasteiger partial charge < -0.3 is 18.9 Å². The van der Waals surface area contributed by atoms with Gasteiger partial charge in [0.15, 0.2) is 0 Å². The van der Waals surface area contributed by atoms with Gasteiger partial charge in [0.05, 0.1) is 24.6 Å². The summed E-state index contributed by atoms with van der Waals surface area (Å²) in [6, 6.07) is 14.4. The number of nitrogens with two attached hydrogens (primary N) is 1. The van der Waals surface area contributed by atoms with Crippen LogP contribution < -0.4 is 24.4 Å². The number of aryl methyl sites for hydroxylation is 1. The number of piperidine rings is 1. The van der Waals surface area contributed by atoms with Crippen molar-refractivity contribution in [2.75, 3.05) is 30.6 Å². The molecule has 1 aliphatic rings. The van der Waals surface area contributed by atoms with E-state index in [0.29, 0.717) is 11.8 Å². The number of rotatable bonds is 6. The number of sulfonamides is 1. The Kier molecular flexibility index (Phi) is 7.97. The van der Waals surface area contributed by atoms with Crippen LogP contribution in [-0.4, -0.2) is 50.8 Å². The molecule has 1 atom stereocenters. The molecule has 10 nitrogen and oxygen atoms in total. The van der Waals surface area contributed by atoms with E-state index in [-0.39, 0.29) is 29.4 Å². The lowest BCUT2D eigenvalue weighted by Gasteiger charge is -2.43. The fourth-order valence-corrected chi connectivity index (χ4v) is 5.97. The van der Waals surface area contributed by atoms with Crippen molar-refractivity contribution < 1.29 is 22.7 Å². The molecule has 12 heteroatoms. The third-order valence-electron chi connectivity index (χ3n) is 7.20. The Hall–Kier alpha value is -3.54. The van der Waals surface area contributed by atoms with E-state index in [1.807, 2.05) is 40.8 Å². The van der Waals surface area contributed by atoms with Crippen molar-refractivity contribution in [2.45, 2.75) is 37.2 Å². The summed E-state index contributed by atoms with van der Waals surface area (Å²) in [6.07, 6.45) is 2.49. The Morgan fingerprint density at radius 2 is 1.79 bits per heavy atom. The molecule has 2 aromatic carbocycles. The number of anilines is 2. The van der Waals surface area contributed by atoms with Gasteiger partial charge in [0.2, 0.25) is 27.7 Å². The van der Waals surface area contributed by atoms with E-state index in [2.05, 4.69) is 9.88 Å². The predicted molar refractivity (Wildman–Crippen MR) is 155 cm³/mol. The quantitative estimate of drug-likeness (QED) is 0.367. The van der Waals surface area contributed by atoms with E-state index < -0.39 is 10.0 Å². The highest BCUT2D eigenvalue weighted by Crippen LogP contribution is 2.38. The van der Waals surface area contributed by atoms with Crippen molar-refractivity contribution in [3.63, 3.8) is 0 Å². The lowest BCUT2D eigenvalue weighted by atomic mass is 10.0. The first-order valence-corrected chi connectivity index (χ1v) is 13.9. The van der Waals surface area contributed by atoms with Gasteiger partial charge in [0.25, 0.3) is 0 Å². The van der Waals surface area contributed by atoms with Crippen molar-refractivity contribution in [1.82, 2.24) is 9.55 Å². The summed E-state index contributed by atoms with van der Waals surface area (Å²) in [5.74, 6) is 0.806. The van der Waals surface area contributed by atoms with Gasteiger partial charge in [-0.25, -0.2) is 13.6 Å². The number of amides is 1. The minimum absolute atomic E-state index is 0. The van der Waals surface area contributed by atoms with E-state index >= 15 is 0 Å². The van der Waals surface area contributed by atoms with Crippen LogP contribution in [0.25, 0.3) is 21.8 Å².